The number of hydrogen-bond donors (Lipinski definition) is 1. The molecular weight excluding hydrogens is 323 g/mol. The topological polar surface area (TPSA) is 46.3 Å². The van der Waals surface area contributed by atoms with Gasteiger partial charge < -0.3 is 10.6 Å². The first kappa shape index (κ1) is 17.1. The molecule has 0 heterocycles. The highest BCUT2D eigenvalue weighted by Crippen LogP contribution is 2.19. The van der Waals surface area contributed by atoms with Crippen molar-refractivity contribution in [2.24, 2.45) is 5.73 Å². The Morgan fingerprint density at radius 1 is 1.45 bits per heavy atom. The summed E-state index contributed by atoms with van der Waals surface area (Å²) in [7, 11) is 0. The number of carbonyl (C=O) groups excluding carboxylic acids is 1. The summed E-state index contributed by atoms with van der Waals surface area (Å²) in [4.78, 5) is 14.1. The van der Waals surface area contributed by atoms with Crippen LogP contribution >= 0.6 is 15.9 Å². The van der Waals surface area contributed by atoms with Gasteiger partial charge >= 0.3 is 0 Å². The lowest BCUT2D eigenvalue weighted by Gasteiger charge is -2.31. The summed E-state index contributed by atoms with van der Waals surface area (Å²) >= 11 is 3.31. The average Bonchev–Trinajstić information content (AvgIpc) is 2.39. The molecule has 1 rings (SSSR count). The van der Waals surface area contributed by atoms with Gasteiger partial charge in [0.05, 0.1) is 5.54 Å². The van der Waals surface area contributed by atoms with E-state index in [2.05, 4.69) is 15.9 Å². The van der Waals surface area contributed by atoms with Gasteiger partial charge in [0.2, 0.25) is 5.91 Å². The minimum atomic E-state index is -0.896. The predicted octanol–water partition coefficient (Wildman–Crippen LogP) is 3.45. The van der Waals surface area contributed by atoms with Gasteiger partial charge in [0.25, 0.3) is 0 Å². The molecule has 0 radical (unpaired) electrons. The van der Waals surface area contributed by atoms with Crippen LogP contribution in [0.2, 0.25) is 0 Å². The van der Waals surface area contributed by atoms with E-state index in [1.54, 1.807) is 24.0 Å². The maximum Gasteiger partial charge on any atom is 0.242 e. The highest BCUT2D eigenvalue weighted by atomic mass is 79.9. The summed E-state index contributed by atoms with van der Waals surface area (Å²) in [5.41, 5.74) is 5.67. The Balaban J connectivity index is 2.92. The molecule has 0 aliphatic rings. The molecule has 0 aromatic heterocycles. The number of halogens is 2. The third-order valence-electron chi connectivity index (χ3n) is 3.30. The lowest BCUT2D eigenvalue weighted by molar-refractivity contribution is -0.137. The first-order chi connectivity index (χ1) is 9.31. The molecule has 0 spiro atoms. The van der Waals surface area contributed by atoms with Crippen molar-refractivity contribution in [3.05, 3.63) is 34.1 Å². The molecule has 2 N–H and O–H groups in total. The average molecular weight is 345 g/mol. The van der Waals surface area contributed by atoms with Crippen LogP contribution in [0.15, 0.2) is 22.7 Å². The Labute approximate surface area is 128 Å². The van der Waals surface area contributed by atoms with E-state index in [1.165, 1.54) is 6.07 Å². The lowest BCUT2D eigenvalue weighted by Crippen LogP contribution is -2.52. The van der Waals surface area contributed by atoms with Gasteiger partial charge in [-0.15, -0.1) is 0 Å². The van der Waals surface area contributed by atoms with Crippen LogP contribution in [0.1, 0.15) is 39.2 Å². The summed E-state index contributed by atoms with van der Waals surface area (Å²) in [6, 6.07) is 4.73. The molecule has 3 nitrogen and oxygen atoms in total. The minimum absolute atomic E-state index is 0.138. The maximum absolute atomic E-state index is 13.8. The van der Waals surface area contributed by atoms with E-state index < -0.39 is 5.54 Å². The molecule has 112 valence electrons. The molecule has 0 saturated heterocycles. The van der Waals surface area contributed by atoms with E-state index in [-0.39, 0.29) is 18.3 Å². The van der Waals surface area contributed by atoms with E-state index in [0.29, 0.717) is 18.5 Å². The first-order valence-electron chi connectivity index (χ1n) is 6.84. The Morgan fingerprint density at radius 3 is 2.65 bits per heavy atom. The zero-order valence-electron chi connectivity index (χ0n) is 12.2. The van der Waals surface area contributed by atoms with Crippen LogP contribution in [-0.4, -0.2) is 22.9 Å². The quantitative estimate of drug-likeness (QED) is 0.858. The number of carbonyl (C=O) groups is 1. The molecule has 1 amide bonds. The molecule has 20 heavy (non-hydrogen) atoms. The largest absolute Gasteiger partial charge is 0.337 e. The molecule has 1 unspecified atom stereocenters. The van der Waals surface area contributed by atoms with Gasteiger partial charge in [-0.05, 0) is 38.5 Å². The van der Waals surface area contributed by atoms with Crippen molar-refractivity contribution < 1.29 is 9.18 Å². The van der Waals surface area contributed by atoms with Gasteiger partial charge in [-0.3, -0.25) is 4.79 Å². The van der Waals surface area contributed by atoms with Crippen LogP contribution in [0, 0.1) is 5.82 Å². The fourth-order valence-corrected chi connectivity index (χ4v) is 2.59. The minimum Gasteiger partial charge on any atom is -0.337 e. The van der Waals surface area contributed by atoms with Crippen molar-refractivity contribution in [1.29, 1.82) is 0 Å². The van der Waals surface area contributed by atoms with Gasteiger partial charge in [-0.25, -0.2) is 4.39 Å². The number of hydrogen-bond acceptors (Lipinski definition) is 2. The van der Waals surface area contributed by atoms with Crippen LogP contribution < -0.4 is 5.73 Å². The standard InChI is InChI=1S/C15H22BrFN2O/c1-4-8-15(3,18)14(20)19(5-2)10-11-9-12(16)6-7-13(11)17/h6-7,9H,4-5,8,10,18H2,1-3H3. The molecule has 1 aromatic rings. The van der Waals surface area contributed by atoms with Gasteiger partial charge in [0, 0.05) is 23.1 Å². The molecule has 1 aromatic carbocycles. The van der Waals surface area contributed by atoms with Crippen molar-refractivity contribution in [2.75, 3.05) is 6.54 Å². The number of likely N-dealkylation sites (N-methyl/N-ethyl adjacent to an activating group) is 1. The molecule has 0 saturated carbocycles. The third-order valence-corrected chi connectivity index (χ3v) is 3.79. The Morgan fingerprint density at radius 2 is 2.10 bits per heavy atom. The maximum atomic E-state index is 13.8. The number of rotatable bonds is 6. The monoisotopic (exact) mass is 344 g/mol. The second-order valence-corrected chi connectivity index (χ2v) is 6.14. The zero-order chi connectivity index (χ0) is 15.3. The summed E-state index contributed by atoms with van der Waals surface area (Å²) < 4.78 is 14.6. The van der Waals surface area contributed by atoms with E-state index in [9.17, 15) is 9.18 Å². The Kier molecular flexibility index (Phi) is 6.14. The van der Waals surface area contributed by atoms with Crippen LogP contribution in [0.4, 0.5) is 4.39 Å². The second-order valence-electron chi connectivity index (χ2n) is 5.22. The van der Waals surface area contributed by atoms with Gasteiger partial charge in [0.15, 0.2) is 0 Å². The molecule has 0 aliphatic heterocycles. The fraction of sp³-hybridized carbons (Fsp3) is 0.533. The third kappa shape index (κ3) is 4.28. The molecule has 0 fully saturated rings. The van der Waals surface area contributed by atoms with Crippen molar-refractivity contribution in [3.63, 3.8) is 0 Å². The predicted molar refractivity (Wildman–Crippen MR) is 82.7 cm³/mol. The van der Waals surface area contributed by atoms with Crippen molar-refractivity contribution in [2.45, 2.75) is 45.7 Å². The van der Waals surface area contributed by atoms with Gasteiger partial charge in [0.1, 0.15) is 5.82 Å². The smallest absolute Gasteiger partial charge is 0.242 e. The normalized spacial score (nSPS) is 13.9. The molecule has 1 atom stereocenters. The molecular formula is C15H22BrFN2O. The van der Waals surface area contributed by atoms with Crippen molar-refractivity contribution in [3.8, 4) is 0 Å². The highest BCUT2D eigenvalue weighted by molar-refractivity contribution is 9.10. The van der Waals surface area contributed by atoms with Crippen LogP contribution in [0.25, 0.3) is 0 Å². The summed E-state index contributed by atoms with van der Waals surface area (Å²) in [6.07, 6.45) is 1.45. The van der Waals surface area contributed by atoms with E-state index in [0.717, 1.165) is 10.9 Å². The van der Waals surface area contributed by atoms with E-state index in [4.69, 9.17) is 5.73 Å². The van der Waals surface area contributed by atoms with Crippen LogP contribution in [-0.2, 0) is 11.3 Å². The Hall–Kier alpha value is -0.940. The summed E-state index contributed by atoms with van der Waals surface area (Å²) in [6.45, 7) is 6.33. The summed E-state index contributed by atoms with van der Waals surface area (Å²) in [5.74, 6) is -0.449. The lowest BCUT2D eigenvalue weighted by atomic mass is 9.95. The van der Waals surface area contributed by atoms with Crippen LogP contribution in [0.3, 0.4) is 0 Å². The van der Waals surface area contributed by atoms with Crippen molar-refractivity contribution in [1.82, 2.24) is 4.90 Å². The number of nitrogens with zero attached hydrogens (tertiary/aromatic N) is 1. The second kappa shape index (κ2) is 7.18. The number of benzene rings is 1. The summed E-state index contributed by atoms with van der Waals surface area (Å²) in [5, 5.41) is 0. The highest BCUT2D eigenvalue weighted by Gasteiger charge is 2.31. The van der Waals surface area contributed by atoms with Crippen LogP contribution in [0.5, 0.6) is 0 Å². The zero-order valence-corrected chi connectivity index (χ0v) is 13.8. The van der Waals surface area contributed by atoms with Gasteiger partial charge in [-0.2, -0.15) is 0 Å². The number of amides is 1. The number of nitrogens with two attached hydrogens (primary N) is 1. The Bertz CT molecular complexity index is 477. The SMILES string of the molecule is CCCC(C)(N)C(=O)N(CC)Cc1cc(Br)ccc1F. The van der Waals surface area contributed by atoms with E-state index in [1.807, 2.05) is 13.8 Å². The molecule has 0 bridgehead atoms. The molecule has 5 heteroatoms. The fourth-order valence-electron chi connectivity index (χ4n) is 2.18. The first-order valence-corrected chi connectivity index (χ1v) is 7.63. The van der Waals surface area contributed by atoms with E-state index >= 15 is 0 Å². The van der Waals surface area contributed by atoms with Gasteiger partial charge in [-0.1, -0.05) is 29.3 Å². The van der Waals surface area contributed by atoms with Crippen molar-refractivity contribution >= 4 is 21.8 Å². The molecule has 0 aliphatic carbocycles.